The Morgan fingerprint density at radius 1 is 0.909 bits per heavy atom. The molecule has 3 nitrogen and oxygen atoms in total. The van der Waals surface area contributed by atoms with Crippen molar-refractivity contribution >= 4 is 0 Å². The summed E-state index contributed by atoms with van der Waals surface area (Å²) in [5, 5.41) is 0. The van der Waals surface area contributed by atoms with Gasteiger partial charge in [0.2, 0.25) is 0 Å². The summed E-state index contributed by atoms with van der Waals surface area (Å²) >= 11 is 0. The van der Waals surface area contributed by atoms with Crippen molar-refractivity contribution in [3.63, 3.8) is 0 Å². The molecule has 0 N–H and O–H groups in total. The van der Waals surface area contributed by atoms with Crippen LogP contribution in [0.15, 0.2) is 0 Å². The highest BCUT2D eigenvalue weighted by Gasteiger charge is 1.93. The van der Waals surface area contributed by atoms with Crippen LogP contribution in [0.25, 0.3) is 0 Å². The minimum atomic E-state index is 0.500. The minimum Gasteiger partial charge on any atom is -0.329 e. The van der Waals surface area contributed by atoms with E-state index in [2.05, 4.69) is 35.1 Å². The number of rotatable bonds is 3. The minimum absolute atomic E-state index is 0.500. The van der Waals surface area contributed by atoms with Crippen molar-refractivity contribution in [2.75, 3.05) is 33.2 Å². The summed E-state index contributed by atoms with van der Waals surface area (Å²) < 4.78 is 9.00. The Hall–Kier alpha value is -0.120. The van der Waals surface area contributed by atoms with Crippen LogP contribution >= 0.6 is 0 Å². The SMILES string of the molecule is C1OCO1.CCN(CC)CC. The molecule has 0 bridgehead atoms. The molecule has 1 saturated heterocycles. The highest BCUT2D eigenvalue weighted by atomic mass is 16.8. The molecule has 68 valence electrons. The van der Waals surface area contributed by atoms with Crippen LogP contribution in [0.3, 0.4) is 0 Å². The molecule has 11 heavy (non-hydrogen) atoms. The number of hydrogen-bond donors (Lipinski definition) is 0. The Morgan fingerprint density at radius 2 is 1.18 bits per heavy atom. The van der Waals surface area contributed by atoms with Crippen molar-refractivity contribution < 1.29 is 9.47 Å². The predicted molar refractivity (Wildman–Crippen MR) is 45.4 cm³/mol. The van der Waals surface area contributed by atoms with Gasteiger partial charge in [0, 0.05) is 0 Å². The average molecular weight is 161 g/mol. The first-order valence-electron chi connectivity index (χ1n) is 4.22. The molecule has 1 aliphatic rings. The van der Waals surface area contributed by atoms with Gasteiger partial charge < -0.3 is 14.4 Å². The molecular formula is C8H19NO2. The van der Waals surface area contributed by atoms with Crippen LogP contribution in [-0.4, -0.2) is 38.1 Å². The predicted octanol–water partition coefficient (Wildman–Crippen LogP) is 1.30. The normalized spacial score (nSPS) is 15.3. The lowest BCUT2D eigenvalue weighted by Gasteiger charge is -2.13. The second-order valence-electron chi connectivity index (χ2n) is 2.26. The Kier molecular flexibility index (Phi) is 7.89. The van der Waals surface area contributed by atoms with Gasteiger partial charge in [-0.25, -0.2) is 0 Å². The summed E-state index contributed by atoms with van der Waals surface area (Å²) in [6, 6.07) is 0. The summed E-state index contributed by atoms with van der Waals surface area (Å²) in [4.78, 5) is 2.38. The third-order valence-electron chi connectivity index (χ3n) is 1.67. The van der Waals surface area contributed by atoms with E-state index in [1.807, 2.05) is 0 Å². The maximum atomic E-state index is 4.50. The summed E-state index contributed by atoms with van der Waals surface area (Å²) in [5.41, 5.74) is 0. The lowest BCUT2D eigenvalue weighted by molar-refractivity contribution is -0.247. The van der Waals surface area contributed by atoms with Gasteiger partial charge in [0.05, 0.1) is 0 Å². The third-order valence-corrected chi connectivity index (χ3v) is 1.67. The zero-order valence-corrected chi connectivity index (χ0v) is 7.80. The molecule has 0 radical (unpaired) electrons. The van der Waals surface area contributed by atoms with Crippen molar-refractivity contribution in [3.8, 4) is 0 Å². The van der Waals surface area contributed by atoms with E-state index in [1.54, 1.807) is 0 Å². The van der Waals surface area contributed by atoms with Crippen molar-refractivity contribution in [1.82, 2.24) is 4.90 Å². The Balaban J connectivity index is 0.000000207. The summed E-state index contributed by atoms with van der Waals surface area (Å²) in [5.74, 6) is 0. The number of nitrogens with zero attached hydrogens (tertiary/aromatic N) is 1. The average Bonchev–Trinajstić information content (AvgIpc) is 1.88. The molecule has 0 aromatic heterocycles. The van der Waals surface area contributed by atoms with E-state index in [0.717, 1.165) is 0 Å². The highest BCUT2D eigenvalue weighted by Crippen LogP contribution is 1.87. The molecule has 0 saturated carbocycles. The maximum Gasteiger partial charge on any atom is 0.152 e. The number of ether oxygens (including phenoxy) is 2. The lowest BCUT2D eigenvalue weighted by atomic mass is 10.5. The molecule has 1 heterocycles. The molecule has 0 unspecified atom stereocenters. The molecule has 0 atom stereocenters. The van der Waals surface area contributed by atoms with Gasteiger partial charge in [0.1, 0.15) is 0 Å². The molecule has 0 aromatic rings. The van der Waals surface area contributed by atoms with Gasteiger partial charge in [-0.3, -0.25) is 0 Å². The lowest BCUT2D eigenvalue weighted by Crippen LogP contribution is -2.21. The summed E-state index contributed by atoms with van der Waals surface area (Å²) in [6.07, 6.45) is 0. The van der Waals surface area contributed by atoms with Crippen LogP contribution < -0.4 is 0 Å². The van der Waals surface area contributed by atoms with Crippen molar-refractivity contribution in [1.29, 1.82) is 0 Å². The maximum absolute atomic E-state index is 4.50. The van der Waals surface area contributed by atoms with E-state index in [-0.39, 0.29) is 0 Å². The van der Waals surface area contributed by atoms with Crippen LogP contribution in [0.1, 0.15) is 20.8 Å². The highest BCUT2D eigenvalue weighted by molar-refractivity contribution is 4.43. The fraction of sp³-hybridized carbons (Fsp3) is 1.00. The van der Waals surface area contributed by atoms with Crippen molar-refractivity contribution in [2.24, 2.45) is 0 Å². The topological polar surface area (TPSA) is 21.7 Å². The fourth-order valence-corrected chi connectivity index (χ4v) is 0.754. The van der Waals surface area contributed by atoms with Crippen LogP contribution in [0.2, 0.25) is 0 Å². The van der Waals surface area contributed by atoms with E-state index in [4.69, 9.17) is 0 Å². The van der Waals surface area contributed by atoms with Crippen LogP contribution in [0.5, 0.6) is 0 Å². The summed E-state index contributed by atoms with van der Waals surface area (Å²) in [6.45, 7) is 11.1. The van der Waals surface area contributed by atoms with E-state index >= 15 is 0 Å². The Morgan fingerprint density at radius 3 is 1.18 bits per heavy atom. The molecule has 1 fully saturated rings. The van der Waals surface area contributed by atoms with Gasteiger partial charge in [0.15, 0.2) is 13.6 Å². The van der Waals surface area contributed by atoms with E-state index in [1.165, 1.54) is 19.6 Å². The molecule has 0 spiro atoms. The first-order chi connectivity index (χ1) is 5.35. The quantitative estimate of drug-likeness (QED) is 0.622. The zero-order valence-electron chi connectivity index (χ0n) is 7.80. The molecule has 1 rings (SSSR count). The Bertz CT molecular complexity index is 61.0. The van der Waals surface area contributed by atoms with Gasteiger partial charge in [-0.2, -0.15) is 0 Å². The molecule has 0 aromatic carbocycles. The number of hydrogen-bond acceptors (Lipinski definition) is 3. The zero-order chi connectivity index (χ0) is 8.53. The first kappa shape index (κ1) is 10.9. The molecule has 1 aliphatic heterocycles. The monoisotopic (exact) mass is 161 g/mol. The summed E-state index contributed by atoms with van der Waals surface area (Å²) in [7, 11) is 0. The second-order valence-corrected chi connectivity index (χ2v) is 2.26. The van der Waals surface area contributed by atoms with Crippen molar-refractivity contribution in [2.45, 2.75) is 20.8 Å². The smallest absolute Gasteiger partial charge is 0.152 e. The largest absolute Gasteiger partial charge is 0.329 e. The van der Waals surface area contributed by atoms with E-state index in [0.29, 0.717) is 13.6 Å². The second kappa shape index (κ2) is 7.98. The van der Waals surface area contributed by atoms with E-state index < -0.39 is 0 Å². The Labute approximate surface area is 69.3 Å². The molecule has 3 heteroatoms. The standard InChI is InChI=1S/C6H15N.C2H4O2/c1-4-7(5-2)6-3;1-3-2-4-1/h4-6H2,1-3H3;1-2H2. The van der Waals surface area contributed by atoms with Gasteiger partial charge in [-0.15, -0.1) is 0 Å². The third kappa shape index (κ3) is 6.28. The molecule has 0 amide bonds. The first-order valence-corrected chi connectivity index (χ1v) is 4.22. The van der Waals surface area contributed by atoms with Gasteiger partial charge >= 0.3 is 0 Å². The fourth-order valence-electron chi connectivity index (χ4n) is 0.754. The molecular weight excluding hydrogens is 142 g/mol. The van der Waals surface area contributed by atoms with Crippen LogP contribution in [-0.2, 0) is 9.47 Å². The van der Waals surface area contributed by atoms with Crippen LogP contribution in [0.4, 0.5) is 0 Å². The van der Waals surface area contributed by atoms with Crippen molar-refractivity contribution in [3.05, 3.63) is 0 Å². The van der Waals surface area contributed by atoms with Gasteiger partial charge in [-0.05, 0) is 19.6 Å². The van der Waals surface area contributed by atoms with E-state index in [9.17, 15) is 0 Å². The van der Waals surface area contributed by atoms with Gasteiger partial charge in [0.25, 0.3) is 0 Å². The molecule has 0 aliphatic carbocycles. The van der Waals surface area contributed by atoms with Crippen LogP contribution in [0, 0.1) is 0 Å². The van der Waals surface area contributed by atoms with Gasteiger partial charge in [-0.1, -0.05) is 20.8 Å².